The Bertz CT molecular complexity index is 478. The van der Waals surface area contributed by atoms with Crippen LogP contribution in [0.25, 0.3) is 0 Å². The van der Waals surface area contributed by atoms with Crippen LogP contribution < -0.4 is 4.72 Å². The third-order valence-electron chi connectivity index (χ3n) is 2.80. The summed E-state index contributed by atoms with van der Waals surface area (Å²) in [6.07, 6.45) is 1.92. The topological polar surface area (TPSA) is 46.2 Å². The fourth-order valence-electron chi connectivity index (χ4n) is 1.69. The predicted molar refractivity (Wildman–Crippen MR) is 71.8 cm³/mol. The van der Waals surface area contributed by atoms with Crippen LogP contribution in [0.15, 0.2) is 18.2 Å². The Kier molecular flexibility index (Phi) is 4.71. The largest absolute Gasteiger partial charge is 0.215 e. The number of hydrogen-bond acceptors (Lipinski definition) is 2. The van der Waals surface area contributed by atoms with Crippen molar-refractivity contribution in [1.82, 2.24) is 4.72 Å². The zero-order valence-electron chi connectivity index (χ0n) is 10.9. The Morgan fingerprint density at radius 3 is 2.47 bits per heavy atom. The number of aryl methyl sites for hydroxylation is 1. The van der Waals surface area contributed by atoms with E-state index < -0.39 is 10.0 Å². The molecular formula is C13H21NO2S. The van der Waals surface area contributed by atoms with Crippen molar-refractivity contribution < 1.29 is 8.42 Å². The summed E-state index contributed by atoms with van der Waals surface area (Å²) in [5, 5.41) is 0. The van der Waals surface area contributed by atoms with E-state index in [1.165, 1.54) is 22.9 Å². The van der Waals surface area contributed by atoms with Crippen molar-refractivity contribution >= 4 is 10.0 Å². The maximum atomic E-state index is 11.0. The normalized spacial score (nSPS) is 12.1. The van der Waals surface area contributed by atoms with Crippen molar-refractivity contribution in [2.45, 2.75) is 33.1 Å². The maximum absolute atomic E-state index is 11.0. The molecule has 0 fully saturated rings. The number of hydrogen-bond donors (Lipinski definition) is 1. The van der Waals surface area contributed by atoms with Crippen molar-refractivity contribution in [3.63, 3.8) is 0 Å². The van der Waals surface area contributed by atoms with Gasteiger partial charge in [-0.1, -0.05) is 32.0 Å². The second-order valence-corrected chi connectivity index (χ2v) is 6.59. The highest BCUT2D eigenvalue weighted by Gasteiger charge is 2.05. The zero-order valence-corrected chi connectivity index (χ0v) is 11.8. The smallest absolute Gasteiger partial charge is 0.208 e. The molecule has 0 aliphatic heterocycles. The van der Waals surface area contributed by atoms with Gasteiger partial charge >= 0.3 is 0 Å². The van der Waals surface area contributed by atoms with Crippen LogP contribution in [0.1, 0.15) is 36.5 Å². The molecule has 1 N–H and O–H groups in total. The standard InChI is InChI=1S/C13H21NO2S/c1-10(2)12-6-5-11(3)13(9-12)7-8-14-17(4,15)16/h5-6,9-10,14H,7-8H2,1-4H3. The van der Waals surface area contributed by atoms with E-state index in [0.717, 1.165) is 6.42 Å². The second-order valence-electron chi connectivity index (χ2n) is 4.76. The van der Waals surface area contributed by atoms with E-state index in [1.807, 2.05) is 0 Å². The van der Waals surface area contributed by atoms with Gasteiger partial charge in [0.15, 0.2) is 0 Å². The van der Waals surface area contributed by atoms with Crippen LogP contribution >= 0.6 is 0 Å². The third-order valence-corrected chi connectivity index (χ3v) is 3.53. The Morgan fingerprint density at radius 1 is 1.29 bits per heavy atom. The highest BCUT2D eigenvalue weighted by atomic mass is 32.2. The number of rotatable bonds is 5. The van der Waals surface area contributed by atoms with Crippen LogP contribution in [0.2, 0.25) is 0 Å². The van der Waals surface area contributed by atoms with Gasteiger partial charge in [-0.25, -0.2) is 13.1 Å². The molecule has 4 heteroatoms. The molecule has 1 aromatic rings. The third kappa shape index (κ3) is 4.88. The monoisotopic (exact) mass is 255 g/mol. The Labute approximate surface area is 104 Å². The van der Waals surface area contributed by atoms with E-state index >= 15 is 0 Å². The van der Waals surface area contributed by atoms with Crippen molar-refractivity contribution in [1.29, 1.82) is 0 Å². The summed E-state index contributed by atoms with van der Waals surface area (Å²) in [5.41, 5.74) is 3.72. The van der Waals surface area contributed by atoms with Gasteiger partial charge in [-0.2, -0.15) is 0 Å². The lowest BCUT2D eigenvalue weighted by molar-refractivity contribution is 0.588. The van der Waals surface area contributed by atoms with Gasteiger partial charge in [0, 0.05) is 6.54 Å². The summed E-state index contributed by atoms with van der Waals surface area (Å²) in [6.45, 7) is 6.83. The number of nitrogens with one attached hydrogen (secondary N) is 1. The quantitative estimate of drug-likeness (QED) is 0.877. The molecule has 0 atom stereocenters. The summed E-state index contributed by atoms with van der Waals surface area (Å²) < 4.78 is 24.5. The van der Waals surface area contributed by atoms with Crippen LogP contribution in [0.4, 0.5) is 0 Å². The van der Waals surface area contributed by atoms with Crippen molar-refractivity contribution in [3.05, 3.63) is 34.9 Å². The van der Waals surface area contributed by atoms with Crippen LogP contribution in [0.3, 0.4) is 0 Å². The SMILES string of the molecule is Cc1ccc(C(C)C)cc1CCNS(C)(=O)=O. The summed E-state index contributed by atoms with van der Waals surface area (Å²) in [4.78, 5) is 0. The fraction of sp³-hybridized carbons (Fsp3) is 0.538. The Hall–Kier alpha value is -0.870. The summed E-state index contributed by atoms with van der Waals surface area (Å²) >= 11 is 0. The average molecular weight is 255 g/mol. The molecule has 0 saturated carbocycles. The van der Waals surface area contributed by atoms with Gasteiger partial charge in [0.1, 0.15) is 0 Å². The molecule has 3 nitrogen and oxygen atoms in total. The molecule has 17 heavy (non-hydrogen) atoms. The molecule has 0 spiro atoms. The Morgan fingerprint density at radius 2 is 1.94 bits per heavy atom. The van der Waals surface area contributed by atoms with E-state index in [9.17, 15) is 8.42 Å². The molecule has 0 saturated heterocycles. The van der Waals surface area contributed by atoms with E-state index in [0.29, 0.717) is 12.5 Å². The second kappa shape index (κ2) is 5.65. The van der Waals surface area contributed by atoms with E-state index in [-0.39, 0.29) is 0 Å². The summed E-state index contributed by atoms with van der Waals surface area (Å²) in [6, 6.07) is 6.41. The number of benzene rings is 1. The first-order chi connectivity index (χ1) is 7.79. The molecule has 0 aliphatic rings. The van der Waals surface area contributed by atoms with Crippen LogP contribution in [-0.4, -0.2) is 21.2 Å². The molecule has 96 valence electrons. The van der Waals surface area contributed by atoms with Gasteiger partial charge in [-0.3, -0.25) is 0 Å². The predicted octanol–water partition coefficient (Wildman–Crippen LogP) is 2.21. The van der Waals surface area contributed by atoms with Gasteiger partial charge in [0.2, 0.25) is 10.0 Å². The van der Waals surface area contributed by atoms with Crippen molar-refractivity contribution in [2.75, 3.05) is 12.8 Å². The van der Waals surface area contributed by atoms with Gasteiger partial charge in [-0.15, -0.1) is 0 Å². The molecule has 0 heterocycles. The van der Waals surface area contributed by atoms with Gasteiger partial charge < -0.3 is 0 Å². The lowest BCUT2D eigenvalue weighted by atomic mass is 9.96. The molecule has 0 aliphatic carbocycles. The minimum absolute atomic E-state index is 0.460. The zero-order chi connectivity index (χ0) is 13.1. The average Bonchev–Trinajstić information content (AvgIpc) is 2.18. The van der Waals surface area contributed by atoms with Crippen LogP contribution in [0.5, 0.6) is 0 Å². The van der Waals surface area contributed by atoms with Crippen LogP contribution in [0, 0.1) is 6.92 Å². The van der Waals surface area contributed by atoms with Gasteiger partial charge in [0.25, 0.3) is 0 Å². The Balaban J connectivity index is 2.73. The summed E-state index contributed by atoms with van der Waals surface area (Å²) in [7, 11) is -3.08. The van der Waals surface area contributed by atoms with Crippen molar-refractivity contribution in [2.24, 2.45) is 0 Å². The van der Waals surface area contributed by atoms with Gasteiger partial charge in [0.05, 0.1) is 6.26 Å². The first kappa shape index (κ1) is 14.2. The van der Waals surface area contributed by atoms with Crippen LogP contribution in [-0.2, 0) is 16.4 Å². The molecule has 0 bridgehead atoms. The molecular weight excluding hydrogens is 234 g/mol. The molecule has 0 radical (unpaired) electrons. The fourth-order valence-corrected chi connectivity index (χ4v) is 2.16. The molecule has 0 aromatic heterocycles. The first-order valence-electron chi connectivity index (χ1n) is 5.83. The van der Waals surface area contributed by atoms with E-state index in [4.69, 9.17) is 0 Å². The number of sulfonamides is 1. The van der Waals surface area contributed by atoms with Crippen molar-refractivity contribution in [3.8, 4) is 0 Å². The first-order valence-corrected chi connectivity index (χ1v) is 7.73. The maximum Gasteiger partial charge on any atom is 0.208 e. The molecule has 0 amide bonds. The minimum Gasteiger partial charge on any atom is -0.215 e. The lowest BCUT2D eigenvalue weighted by Gasteiger charge is -2.11. The van der Waals surface area contributed by atoms with E-state index in [2.05, 4.69) is 43.7 Å². The lowest BCUT2D eigenvalue weighted by Crippen LogP contribution is -2.24. The molecule has 1 rings (SSSR count). The minimum atomic E-state index is -3.08. The van der Waals surface area contributed by atoms with Gasteiger partial charge in [-0.05, 0) is 36.0 Å². The summed E-state index contributed by atoms with van der Waals surface area (Å²) in [5.74, 6) is 0.497. The molecule has 1 aromatic carbocycles. The molecule has 0 unspecified atom stereocenters. The highest BCUT2D eigenvalue weighted by Crippen LogP contribution is 2.18. The van der Waals surface area contributed by atoms with E-state index in [1.54, 1.807) is 0 Å². The highest BCUT2D eigenvalue weighted by molar-refractivity contribution is 7.88.